The molecule has 1 aromatic heterocycles. The van der Waals surface area contributed by atoms with E-state index in [2.05, 4.69) is 22.4 Å². The van der Waals surface area contributed by atoms with Crippen molar-refractivity contribution in [3.63, 3.8) is 0 Å². The molecule has 0 amide bonds. The number of rotatable bonds is 0. The van der Waals surface area contributed by atoms with Crippen molar-refractivity contribution < 1.29 is 0 Å². The first-order valence-corrected chi connectivity index (χ1v) is 5.57. The highest BCUT2D eigenvalue weighted by atomic mass is 32.1. The summed E-state index contributed by atoms with van der Waals surface area (Å²) in [4.78, 5) is 4.28. The van der Waals surface area contributed by atoms with Crippen molar-refractivity contribution in [3.05, 3.63) is 17.7 Å². The van der Waals surface area contributed by atoms with Crippen LogP contribution in [0.25, 0.3) is 10.2 Å². The zero-order chi connectivity index (χ0) is 9.54. The molecule has 0 atom stereocenters. The fourth-order valence-electron chi connectivity index (χ4n) is 1.91. The van der Waals surface area contributed by atoms with E-state index in [4.69, 9.17) is 5.73 Å². The summed E-state index contributed by atoms with van der Waals surface area (Å²) in [5.74, 6) is 0. The maximum atomic E-state index is 5.68. The predicted molar refractivity (Wildman–Crippen MR) is 60.8 cm³/mol. The van der Waals surface area contributed by atoms with Gasteiger partial charge in [-0.05, 0) is 30.5 Å². The molecule has 2 aromatic rings. The number of aromatic nitrogens is 1. The van der Waals surface area contributed by atoms with Crippen molar-refractivity contribution in [1.82, 2.24) is 4.98 Å². The van der Waals surface area contributed by atoms with Gasteiger partial charge >= 0.3 is 0 Å². The molecule has 0 bridgehead atoms. The molecule has 0 aliphatic carbocycles. The summed E-state index contributed by atoms with van der Waals surface area (Å²) in [6.45, 7) is 1.07. The summed E-state index contributed by atoms with van der Waals surface area (Å²) in [7, 11) is 0. The van der Waals surface area contributed by atoms with Crippen molar-refractivity contribution in [3.8, 4) is 0 Å². The molecule has 72 valence electrons. The van der Waals surface area contributed by atoms with Gasteiger partial charge in [0.25, 0.3) is 0 Å². The van der Waals surface area contributed by atoms with Crippen molar-refractivity contribution >= 4 is 32.4 Å². The summed E-state index contributed by atoms with van der Waals surface area (Å²) in [5.41, 5.74) is 9.32. The Labute approximate surface area is 86.0 Å². The van der Waals surface area contributed by atoms with Crippen LogP contribution in [0.4, 0.5) is 10.8 Å². The quantitative estimate of drug-likeness (QED) is 0.693. The average molecular weight is 205 g/mol. The molecule has 2 heterocycles. The molecule has 0 spiro atoms. The lowest BCUT2D eigenvalue weighted by atomic mass is 10.0. The number of nitrogens with two attached hydrogens (primary N) is 1. The first kappa shape index (κ1) is 8.05. The molecule has 0 saturated heterocycles. The maximum absolute atomic E-state index is 5.68. The Hall–Kier alpha value is -1.29. The summed E-state index contributed by atoms with van der Waals surface area (Å²) in [6.07, 6.45) is 2.38. The van der Waals surface area contributed by atoms with Crippen molar-refractivity contribution in [1.29, 1.82) is 0 Å². The van der Waals surface area contributed by atoms with Crippen molar-refractivity contribution in [2.24, 2.45) is 0 Å². The first-order chi connectivity index (χ1) is 6.83. The largest absolute Gasteiger partial charge is 0.385 e. The third kappa shape index (κ3) is 1.14. The van der Waals surface area contributed by atoms with E-state index in [1.807, 2.05) is 0 Å². The van der Waals surface area contributed by atoms with E-state index in [0.29, 0.717) is 5.13 Å². The van der Waals surface area contributed by atoms with E-state index in [1.165, 1.54) is 22.4 Å². The molecular weight excluding hydrogens is 194 g/mol. The molecule has 3 nitrogen and oxygen atoms in total. The molecule has 0 radical (unpaired) electrons. The van der Waals surface area contributed by atoms with Gasteiger partial charge in [-0.15, -0.1) is 0 Å². The number of hydrogen-bond acceptors (Lipinski definition) is 4. The normalized spacial score (nSPS) is 15.1. The zero-order valence-corrected chi connectivity index (χ0v) is 8.53. The molecule has 1 aliphatic heterocycles. The molecule has 3 rings (SSSR count). The average Bonchev–Trinajstić information content (AvgIpc) is 2.53. The lowest BCUT2D eigenvalue weighted by Gasteiger charge is -2.17. The van der Waals surface area contributed by atoms with Gasteiger partial charge in [0, 0.05) is 12.2 Å². The summed E-state index contributed by atoms with van der Waals surface area (Å²) in [6, 6.07) is 4.32. The highest BCUT2D eigenvalue weighted by Gasteiger charge is 2.11. The van der Waals surface area contributed by atoms with Crippen LogP contribution in [-0.2, 0) is 6.42 Å². The number of aryl methyl sites for hydroxylation is 1. The first-order valence-electron chi connectivity index (χ1n) is 4.76. The Bertz CT molecular complexity index is 446. The molecule has 0 fully saturated rings. The molecule has 14 heavy (non-hydrogen) atoms. The lowest BCUT2D eigenvalue weighted by Crippen LogP contribution is -2.11. The maximum Gasteiger partial charge on any atom is 0.181 e. The van der Waals surface area contributed by atoms with E-state index >= 15 is 0 Å². The van der Waals surface area contributed by atoms with Crippen molar-refractivity contribution in [2.45, 2.75) is 12.8 Å². The van der Waals surface area contributed by atoms with Gasteiger partial charge in [0.05, 0.1) is 10.2 Å². The van der Waals surface area contributed by atoms with Crippen LogP contribution in [0.15, 0.2) is 12.1 Å². The second-order valence-corrected chi connectivity index (χ2v) is 4.62. The van der Waals surface area contributed by atoms with Crippen LogP contribution in [0, 0.1) is 0 Å². The van der Waals surface area contributed by atoms with Crippen LogP contribution >= 0.6 is 11.3 Å². The van der Waals surface area contributed by atoms with Crippen LogP contribution in [0.5, 0.6) is 0 Å². The van der Waals surface area contributed by atoms with E-state index in [0.717, 1.165) is 18.5 Å². The number of anilines is 2. The second kappa shape index (κ2) is 2.85. The molecular formula is C10H11N3S. The molecule has 4 heteroatoms. The number of nitrogen functional groups attached to an aromatic ring is 1. The predicted octanol–water partition coefficient (Wildman–Crippen LogP) is 2.24. The van der Waals surface area contributed by atoms with Crippen LogP contribution in [0.2, 0.25) is 0 Å². The van der Waals surface area contributed by atoms with E-state index in [1.54, 1.807) is 11.3 Å². The van der Waals surface area contributed by atoms with Gasteiger partial charge in [0.15, 0.2) is 5.13 Å². The second-order valence-electron chi connectivity index (χ2n) is 3.56. The number of benzene rings is 1. The van der Waals surface area contributed by atoms with Gasteiger partial charge in [-0.25, -0.2) is 4.98 Å². The van der Waals surface area contributed by atoms with Gasteiger partial charge < -0.3 is 11.1 Å². The number of hydrogen-bond donors (Lipinski definition) is 2. The highest BCUT2D eigenvalue weighted by molar-refractivity contribution is 7.22. The minimum absolute atomic E-state index is 0.655. The molecule has 3 N–H and O–H groups in total. The lowest BCUT2D eigenvalue weighted by molar-refractivity contribution is 0.832. The fraction of sp³-hybridized carbons (Fsp3) is 0.300. The van der Waals surface area contributed by atoms with E-state index in [-0.39, 0.29) is 0 Å². The summed E-state index contributed by atoms with van der Waals surface area (Å²) in [5, 5.41) is 4.04. The van der Waals surface area contributed by atoms with Crippen LogP contribution in [0.1, 0.15) is 12.0 Å². The minimum Gasteiger partial charge on any atom is -0.385 e. The molecule has 0 saturated carbocycles. The smallest absolute Gasteiger partial charge is 0.181 e. The standard InChI is InChI=1S/C10H11N3S/c11-10-13-8-5-7-6(2-1-3-12-7)4-9(8)14-10/h4-5,12H,1-3H2,(H2,11,13). The molecule has 1 aromatic carbocycles. The minimum atomic E-state index is 0.655. The number of thiazole rings is 1. The fourth-order valence-corrected chi connectivity index (χ4v) is 2.69. The van der Waals surface area contributed by atoms with Gasteiger partial charge in [-0.3, -0.25) is 0 Å². The Balaban J connectivity index is 2.26. The van der Waals surface area contributed by atoms with Crippen LogP contribution in [0.3, 0.4) is 0 Å². The number of nitrogens with one attached hydrogen (secondary N) is 1. The Morgan fingerprint density at radius 2 is 2.36 bits per heavy atom. The Morgan fingerprint density at radius 1 is 1.43 bits per heavy atom. The Kier molecular flexibility index (Phi) is 1.64. The molecule has 0 unspecified atom stereocenters. The summed E-state index contributed by atoms with van der Waals surface area (Å²) >= 11 is 1.56. The van der Waals surface area contributed by atoms with Gasteiger partial charge in [0.2, 0.25) is 0 Å². The third-order valence-electron chi connectivity index (χ3n) is 2.57. The van der Waals surface area contributed by atoms with Gasteiger partial charge in [-0.2, -0.15) is 0 Å². The van der Waals surface area contributed by atoms with Gasteiger partial charge in [-0.1, -0.05) is 11.3 Å². The highest BCUT2D eigenvalue weighted by Crippen LogP contribution is 2.31. The monoisotopic (exact) mass is 205 g/mol. The SMILES string of the molecule is Nc1nc2cc3c(cc2s1)CCCN3. The zero-order valence-electron chi connectivity index (χ0n) is 7.71. The van der Waals surface area contributed by atoms with Gasteiger partial charge in [0.1, 0.15) is 0 Å². The summed E-state index contributed by atoms with van der Waals surface area (Å²) < 4.78 is 1.20. The third-order valence-corrected chi connectivity index (χ3v) is 3.42. The van der Waals surface area contributed by atoms with Crippen molar-refractivity contribution in [2.75, 3.05) is 17.6 Å². The topological polar surface area (TPSA) is 50.9 Å². The Morgan fingerprint density at radius 3 is 3.29 bits per heavy atom. The van der Waals surface area contributed by atoms with E-state index < -0.39 is 0 Å². The van der Waals surface area contributed by atoms with Crippen LogP contribution < -0.4 is 11.1 Å². The van der Waals surface area contributed by atoms with Crippen LogP contribution in [-0.4, -0.2) is 11.5 Å². The number of nitrogens with zero attached hydrogens (tertiary/aromatic N) is 1. The van der Waals surface area contributed by atoms with E-state index in [9.17, 15) is 0 Å². The molecule has 1 aliphatic rings. The number of fused-ring (bicyclic) bond motifs is 2.